The van der Waals surface area contributed by atoms with E-state index in [1.54, 1.807) is 18.2 Å². The first-order valence-corrected chi connectivity index (χ1v) is 8.24. The van der Waals surface area contributed by atoms with Crippen LogP contribution in [0.4, 0.5) is 13.2 Å². The molecular weight excluding hydrogens is 345 g/mol. The number of nitrogens with one attached hydrogen (secondary N) is 1. The van der Waals surface area contributed by atoms with Gasteiger partial charge in [-0.3, -0.25) is 0 Å². The molecule has 0 spiro atoms. The average molecular weight is 364 g/mol. The van der Waals surface area contributed by atoms with Crippen LogP contribution in [-0.2, 0) is 6.42 Å². The molecule has 3 rings (SSSR count). The number of benzene rings is 1. The van der Waals surface area contributed by atoms with Gasteiger partial charge in [0, 0.05) is 5.69 Å². The van der Waals surface area contributed by atoms with E-state index in [2.05, 4.69) is 28.6 Å². The monoisotopic (exact) mass is 364 g/mol. The first-order chi connectivity index (χ1) is 12.2. The maximum Gasteiger partial charge on any atom is 0.573 e. The van der Waals surface area contributed by atoms with Gasteiger partial charge in [0.1, 0.15) is 11.5 Å². The van der Waals surface area contributed by atoms with Crippen molar-refractivity contribution in [2.24, 2.45) is 5.92 Å². The number of nitrogens with zero attached hydrogens (tertiary/aromatic N) is 1. The summed E-state index contributed by atoms with van der Waals surface area (Å²) < 4.78 is 47.6. The van der Waals surface area contributed by atoms with Gasteiger partial charge in [-0.05, 0) is 43.5 Å². The Balaban J connectivity index is 1.92. The summed E-state index contributed by atoms with van der Waals surface area (Å²) in [5, 5.41) is 0. The molecule has 2 aromatic heterocycles. The molecule has 0 amide bonds. The van der Waals surface area contributed by atoms with Crippen molar-refractivity contribution in [2.75, 3.05) is 0 Å². The van der Waals surface area contributed by atoms with Crippen LogP contribution < -0.4 is 4.74 Å². The predicted molar refractivity (Wildman–Crippen MR) is 91.7 cm³/mol. The number of furan rings is 1. The number of rotatable bonds is 5. The molecular formula is C19H19F3N2O2. The van der Waals surface area contributed by atoms with Crippen LogP contribution >= 0.6 is 0 Å². The Morgan fingerprint density at radius 3 is 2.50 bits per heavy atom. The van der Waals surface area contributed by atoms with Crippen LogP contribution in [0.2, 0.25) is 0 Å². The highest BCUT2D eigenvalue weighted by atomic mass is 19.4. The zero-order chi connectivity index (χ0) is 18.9. The van der Waals surface area contributed by atoms with E-state index < -0.39 is 6.36 Å². The lowest BCUT2D eigenvalue weighted by atomic mass is 10.1. The van der Waals surface area contributed by atoms with Crippen LogP contribution in [0.15, 0.2) is 40.8 Å². The number of H-pyrrole nitrogens is 1. The molecule has 0 radical (unpaired) electrons. The molecule has 2 heterocycles. The smallest absolute Gasteiger partial charge is 0.453 e. The highest BCUT2D eigenvalue weighted by molar-refractivity contribution is 5.68. The number of alkyl halides is 3. The van der Waals surface area contributed by atoms with E-state index in [1.165, 1.54) is 18.2 Å². The van der Waals surface area contributed by atoms with Gasteiger partial charge in [-0.25, -0.2) is 4.98 Å². The van der Waals surface area contributed by atoms with E-state index in [-0.39, 0.29) is 17.1 Å². The number of aryl methyl sites for hydroxylation is 1. The number of hydrogen-bond acceptors (Lipinski definition) is 3. The molecule has 1 N–H and O–H groups in total. The summed E-state index contributed by atoms with van der Waals surface area (Å²) in [6.45, 7) is 6.14. The third-order valence-corrected chi connectivity index (χ3v) is 3.82. The lowest BCUT2D eigenvalue weighted by Gasteiger charge is -2.11. The van der Waals surface area contributed by atoms with Gasteiger partial charge in [-0.2, -0.15) is 0 Å². The van der Waals surface area contributed by atoms with Crippen LogP contribution in [0.1, 0.15) is 25.2 Å². The Kier molecular flexibility index (Phi) is 4.80. The molecule has 0 bridgehead atoms. The molecule has 0 aliphatic carbocycles. The summed E-state index contributed by atoms with van der Waals surface area (Å²) >= 11 is 0. The van der Waals surface area contributed by atoms with Crippen molar-refractivity contribution >= 4 is 0 Å². The molecule has 0 saturated carbocycles. The number of halogens is 3. The Labute approximate surface area is 149 Å². The third kappa shape index (κ3) is 4.09. The Hall–Kier alpha value is -2.70. The highest BCUT2D eigenvalue weighted by Crippen LogP contribution is 2.36. The Bertz CT molecular complexity index is 894. The Morgan fingerprint density at radius 2 is 1.81 bits per heavy atom. The van der Waals surface area contributed by atoms with E-state index in [4.69, 9.17) is 4.42 Å². The Morgan fingerprint density at radius 1 is 1.12 bits per heavy atom. The number of imidazole rings is 1. The molecule has 0 aliphatic rings. The van der Waals surface area contributed by atoms with Gasteiger partial charge in [-0.15, -0.1) is 13.2 Å². The van der Waals surface area contributed by atoms with Gasteiger partial charge in [0.25, 0.3) is 0 Å². The predicted octanol–water partition coefficient (Wildman–Crippen LogP) is 5.74. The minimum atomic E-state index is -4.77. The van der Waals surface area contributed by atoms with Crippen molar-refractivity contribution < 1.29 is 22.3 Å². The van der Waals surface area contributed by atoms with Gasteiger partial charge < -0.3 is 14.1 Å². The molecule has 0 fully saturated rings. The van der Waals surface area contributed by atoms with Gasteiger partial charge in [-0.1, -0.05) is 26.0 Å². The molecule has 1 aromatic carbocycles. The first-order valence-electron chi connectivity index (χ1n) is 8.24. The van der Waals surface area contributed by atoms with Crippen LogP contribution in [0.5, 0.6) is 5.75 Å². The average Bonchev–Trinajstić information content (AvgIpc) is 3.13. The maximum absolute atomic E-state index is 12.6. The lowest BCUT2D eigenvalue weighted by molar-refractivity contribution is -0.274. The molecule has 0 aliphatic heterocycles. The van der Waals surface area contributed by atoms with Gasteiger partial charge in [0.05, 0.1) is 11.3 Å². The molecule has 0 unspecified atom stereocenters. The molecule has 4 nitrogen and oxygen atoms in total. The second-order valence-corrected chi connectivity index (χ2v) is 6.46. The summed E-state index contributed by atoms with van der Waals surface area (Å²) in [6.07, 6.45) is -3.91. The fourth-order valence-corrected chi connectivity index (χ4v) is 2.71. The van der Waals surface area contributed by atoms with Crippen LogP contribution in [0.3, 0.4) is 0 Å². The molecule has 0 atom stereocenters. The molecule has 0 saturated heterocycles. The normalized spacial score (nSPS) is 12.0. The quantitative estimate of drug-likeness (QED) is 0.628. The summed E-state index contributed by atoms with van der Waals surface area (Å²) in [6, 6.07) is 9.15. The van der Waals surface area contributed by atoms with Crippen molar-refractivity contribution in [1.29, 1.82) is 0 Å². The molecule has 3 aromatic rings. The van der Waals surface area contributed by atoms with Crippen molar-refractivity contribution in [2.45, 2.75) is 33.6 Å². The second-order valence-electron chi connectivity index (χ2n) is 6.46. The molecule has 7 heteroatoms. The van der Waals surface area contributed by atoms with Crippen LogP contribution in [0.25, 0.3) is 22.9 Å². The van der Waals surface area contributed by atoms with Crippen molar-refractivity contribution in [1.82, 2.24) is 9.97 Å². The first kappa shape index (κ1) is 18.1. The second kappa shape index (κ2) is 6.90. The van der Waals surface area contributed by atoms with Gasteiger partial charge >= 0.3 is 6.36 Å². The van der Waals surface area contributed by atoms with Gasteiger partial charge in [0.2, 0.25) is 0 Å². The van der Waals surface area contributed by atoms with Crippen molar-refractivity contribution in [3.8, 4) is 28.7 Å². The fourth-order valence-electron chi connectivity index (χ4n) is 2.71. The van der Waals surface area contributed by atoms with E-state index in [0.29, 0.717) is 17.5 Å². The zero-order valence-electron chi connectivity index (χ0n) is 14.6. The zero-order valence-corrected chi connectivity index (χ0v) is 14.6. The topological polar surface area (TPSA) is 51.1 Å². The number of ether oxygens (including phenoxy) is 1. The van der Waals surface area contributed by atoms with Crippen molar-refractivity contribution in [3.63, 3.8) is 0 Å². The van der Waals surface area contributed by atoms with Gasteiger partial charge in [0.15, 0.2) is 11.6 Å². The van der Waals surface area contributed by atoms with Crippen LogP contribution in [0, 0.1) is 12.8 Å². The maximum atomic E-state index is 12.6. The SMILES string of the molecule is Cc1nc(-c2ccc(-c3ccccc3OC(F)(F)F)o2)[nH]c1CC(C)C. The number of aromatic amines is 1. The summed E-state index contributed by atoms with van der Waals surface area (Å²) in [4.78, 5) is 7.69. The minimum Gasteiger partial charge on any atom is -0.453 e. The highest BCUT2D eigenvalue weighted by Gasteiger charge is 2.32. The van der Waals surface area contributed by atoms with E-state index in [1.807, 2.05) is 6.92 Å². The van der Waals surface area contributed by atoms with Crippen molar-refractivity contribution in [3.05, 3.63) is 47.8 Å². The number of para-hydroxylation sites is 1. The largest absolute Gasteiger partial charge is 0.573 e. The summed E-state index contributed by atoms with van der Waals surface area (Å²) in [5.41, 5.74) is 2.13. The summed E-state index contributed by atoms with van der Waals surface area (Å²) in [7, 11) is 0. The minimum absolute atomic E-state index is 0.224. The number of aromatic nitrogens is 2. The van der Waals surface area contributed by atoms with E-state index >= 15 is 0 Å². The molecule has 26 heavy (non-hydrogen) atoms. The fraction of sp³-hybridized carbons (Fsp3) is 0.316. The number of hydrogen-bond donors (Lipinski definition) is 1. The summed E-state index contributed by atoms with van der Waals surface area (Å²) in [5.74, 6) is 1.45. The van der Waals surface area contributed by atoms with E-state index in [9.17, 15) is 13.2 Å². The van der Waals surface area contributed by atoms with Crippen LogP contribution in [-0.4, -0.2) is 16.3 Å². The lowest BCUT2D eigenvalue weighted by Crippen LogP contribution is -2.17. The van der Waals surface area contributed by atoms with E-state index in [0.717, 1.165) is 17.8 Å². The molecule has 138 valence electrons. The standard InChI is InChI=1S/C19H19F3N2O2/c1-11(2)10-14-12(3)23-18(24-14)17-9-8-15(25-17)13-6-4-5-7-16(13)26-19(20,21)22/h4-9,11H,10H2,1-3H3,(H,23,24). The third-order valence-electron chi connectivity index (χ3n) is 3.82.